The molecule has 21 heavy (non-hydrogen) atoms. The van der Waals surface area contributed by atoms with Crippen LogP contribution in [-0.2, 0) is 0 Å². The minimum Gasteiger partial charge on any atom is -0.361 e. The quantitative estimate of drug-likeness (QED) is 0.472. The second-order valence-corrected chi connectivity index (χ2v) is 5.42. The SMILES string of the molecule is CN(C)CCCNC(=S)NN1C(=O)c2ccccc2C1=O. The Balaban J connectivity index is 1.88. The molecular formula is C14H18N4O2S. The van der Waals surface area contributed by atoms with E-state index in [1.165, 1.54) is 0 Å². The first-order valence-corrected chi connectivity index (χ1v) is 7.08. The van der Waals surface area contributed by atoms with Crippen LogP contribution in [0.1, 0.15) is 27.1 Å². The average molecular weight is 306 g/mol. The summed E-state index contributed by atoms with van der Waals surface area (Å²) in [4.78, 5) is 26.3. The Morgan fingerprint density at radius 1 is 1.19 bits per heavy atom. The first-order valence-electron chi connectivity index (χ1n) is 6.67. The molecule has 0 bridgehead atoms. The molecule has 1 aliphatic heterocycles. The van der Waals surface area contributed by atoms with Crippen LogP contribution in [0.25, 0.3) is 0 Å². The fraction of sp³-hybridized carbons (Fsp3) is 0.357. The van der Waals surface area contributed by atoms with Crippen LogP contribution >= 0.6 is 12.2 Å². The third-order valence-electron chi connectivity index (χ3n) is 3.08. The molecule has 7 heteroatoms. The molecule has 6 nitrogen and oxygen atoms in total. The van der Waals surface area contributed by atoms with E-state index >= 15 is 0 Å². The monoisotopic (exact) mass is 306 g/mol. The van der Waals surface area contributed by atoms with Gasteiger partial charge in [-0.15, -0.1) is 0 Å². The first-order chi connectivity index (χ1) is 10.0. The maximum Gasteiger partial charge on any atom is 0.280 e. The van der Waals surface area contributed by atoms with Gasteiger partial charge in [0.25, 0.3) is 11.8 Å². The molecule has 2 rings (SSSR count). The summed E-state index contributed by atoms with van der Waals surface area (Å²) in [7, 11) is 3.99. The van der Waals surface area contributed by atoms with Crippen LogP contribution in [0.15, 0.2) is 24.3 Å². The van der Waals surface area contributed by atoms with Gasteiger partial charge in [0.15, 0.2) is 5.11 Å². The fourth-order valence-electron chi connectivity index (χ4n) is 2.03. The Morgan fingerprint density at radius 3 is 2.29 bits per heavy atom. The van der Waals surface area contributed by atoms with Crippen molar-refractivity contribution < 1.29 is 9.59 Å². The zero-order valence-corrected chi connectivity index (χ0v) is 12.9. The standard InChI is InChI=1S/C14H18N4O2S/c1-17(2)9-5-8-15-14(21)16-18-12(19)10-6-3-4-7-11(10)13(18)20/h3-4,6-7H,5,8-9H2,1-2H3,(H2,15,16,21). The zero-order chi connectivity index (χ0) is 15.4. The van der Waals surface area contributed by atoms with Crippen molar-refractivity contribution in [3.63, 3.8) is 0 Å². The van der Waals surface area contributed by atoms with Gasteiger partial charge < -0.3 is 10.2 Å². The summed E-state index contributed by atoms with van der Waals surface area (Å²) in [6.07, 6.45) is 0.914. The predicted molar refractivity (Wildman–Crippen MR) is 83.8 cm³/mol. The molecule has 2 amide bonds. The molecule has 0 saturated heterocycles. The van der Waals surface area contributed by atoms with Crippen molar-refractivity contribution in [1.29, 1.82) is 0 Å². The zero-order valence-electron chi connectivity index (χ0n) is 12.0. The Hall–Kier alpha value is -1.99. The fourth-order valence-corrected chi connectivity index (χ4v) is 2.22. The minimum absolute atomic E-state index is 0.267. The van der Waals surface area contributed by atoms with Gasteiger partial charge in [-0.05, 0) is 51.4 Å². The smallest absolute Gasteiger partial charge is 0.280 e. The van der Waals surface area contributed by atoms with E-state index < -0.39 is 0 Å². The number of carbonyl (C=O) groups excluding carboxylic acids is 2. The number of hydrogen-bond donors (Lipinski definition) is 2. The summed E-state index contributed by atoms with van der Waals surface area (Å²) >= 11 is 5.10. The molecule has 0 saturated carbocycles. The Morgan fingerprint density at radius 2 is 1.76 bits per heavy atom. The Bertz CT molecular complexity index is 539. The van der Waals surface area contributed by atoms with Crippen LogP contribution in [0.2, 0.25) is 0 Å². The number of nitrogens with one attached hydrogen (secondary N) is 2. The number of hydrazine groups is 1. The van der Waals surface area contributed by atoms with Crippen LogP contribution in [0.3, 0.4) is 0 Å². The van der Waals surface area contributed by atoms with E-state index in [4.69, 9.17) is 12.2 Å². The molecule has 1 aromatic rings. The van der Waals surface area contributed by atoms with E-state index in [1.807, 2.05) is 14.1 Å². The number of carbonyl (C=O) groups is 2. The lowest BCUT2D eigenvalue weighted by Gasteiger charge is -2.18. The molecule has 112 valence electrons. The van der Waals surface area contributed by atoms with Crippen molar-refractivity contribution >= 4 is 29.1 Å². The lowest BCUT2D eigenvalue weighted by Crippen LogP contribution is -2.50. The van der Waals surface area contributed by atoms with Gasteiger partial charge in [0, 0.05) is 6.54 Å². The van der Waals surface area contributed by atoms with E-state index in [2.05, 4.69) is 15.6 Å². The highest BCUT2D eigenvalue weighted by atomic mass is 32.1. The molecule has 1 heterocycles. The van der Waals surface area contributed by atoms with Crippen molar-refractivity contribution in [2.75, 3.05) is 27.2 Å². The topological polar surface area (TPSA) is 64.7 Å². The van der Waals surface area contributed by atoms with E-state index in [-0.39, 0.29) is 16.9 Å². The number of fused-ring (bicyclic) bond motifs is 1. The summed E-state index contributed by atoms with van der Waals surface area (Å²) in [6.45, 7) is 1.61. The molecule has 0 radical (unpaired) electrons. The van der Waals surface area contributed by atoms with Gasteiger partial charge in [0.2, 0.25) is 0 Å². The van der Waals surface area contributed by atoms with Gasteiger partial charge in [-0.1, -0.05) is 12.1 Å². The highest BCUT2D eigenvalue weighted by molar-refractivity contribution is 7.80. The first kappa shape index (κ1) is 15.4. The minimum atomic E-state index is -0.381. The maximum atomic E-state index is 12.1. The number of rotatable bonds is 5. The third-order valence-corrected chi connectivity index (χ3v) is 3.31. The molecule has 0 atom stereocenters. The van der Waals surface area contributed by atoms with Gasteiger partial charge >= 0.3 is 0 Å². The lowest BCUT2D eigenvalue weighted by atomic mass is 10.1. The van der Waals surface area contributed by atoms with E-state index in [0.717, 1.165) is 18.0 Å². The molecule has 1 aromatic carbocycles. The van der Waals surface area contributed by atoms with E-state index in [0.29, 0.717) is 17.7 Å². The summed E-state index contributed by atoms with van der Waals surface area (Å²) in [5.74, 6) is -0.763. The van der Waals surface area contributed by atoms with Crippen LogP contribution in [0, 0.1) is 0 Å². The van der Waals surface area contributed by atoms with Crippen LogP contribution in [0.5, 0.6) is 0 Å². The summed E-state index contributed by atoms with van der Waals surface area (Å²) in [5.41, 5.74) is 3.44. The third kappa shape index (κ3) is 3.56. The number of imide groups is 1. The van der Waals surface area contributed by atoms with Crippen molar-refractivity contribution in [3.05, 3.63) is 35.4 Å². The van der Waals surface area contributed by atoms with Crippen LogP contribution in [0.4, 0.5) is 0 Å². The largest absolute Gasteiger partial charge is 0.361 e. The average Bonchev–Trinajstić information content (AvgIpc) is 2.69. The molecule has 1 aliphatic rings. The van der Waals surface area contributed by atoms with Crippen molar-refractivity contribution in [3.8, 4) is 0 Å². The summed E-state index contributed by atoms with van der Waals surface area (Å²) < 4.78 is 0. The normalized spacial score (nSPS) is 13.6. The number of thiocarbonyl (C=S) groups is 1. The van der Waals surface area contributed by atoms with Crippen molar-refractivity contribution in [2.45, 2.75) is 6.42 Å². The molecular weight excluding hydrogens is 288 g/mol. The second kappa shape index (κ2) is 6.64. The number of amides is 2. The molecule has 0 unspecified atom stereocenters. The maximum absolute atomic E-state index is 12.1. The van der Waals surface area contributed by atoms with E-state index in [1.54, 1.807) is 24.3 Å². The van der Waals surface area contributed by atoms with Crippen LogP contribution in [-0.4, -0.2) is 54.0 Å². The predicted octanol–water partition coefficient (Wildman–Crippen LogP) is 0.613. The molecule has 0 spiro atoms. The Kier molecular flexibility index (Phi) is 4.87. The molecule has 0 fully saturated rings. The highest BCUT2D eigenvalue weighted by Crippen LogP contribution is 2.20. The van der Waals surface area contributed by atoms with Crippen molar-refractivity contribution in [1.82, 2.24) is 20.7 Å². The second-order valence-electron chi connectivity index (χ2n) is 5.02. The molecule has 2 N–H and O–H groups in total. The van der Waals surface area contributed by atoms with Crippen LogP contribution < -0.4 is 10.7 Å². The van der Waals surface area contributed by atoms with Gasteiger partial charge in [0.1, 0.15) is 0 Å². The molecule has 0 aromatic heterocycles. The number of benzene rings is 1. The number of nitrogens with zero attached hydrogens (tertiary/aromatic N) is 2. The molecule has 0 aliphatic carbocycles. The lowest BCUT2D eigenvalue weighted by molar-refractivity contribution is 0.0611. The summed E-state index contributed by atoms with van der Waals surface area (Å²) in [5, 5.41) is 4.20. The highest BCUT2D eigenvalue weighted by Gasteiger charge is 2.35. The Labute approximate surface area is 129 Å². The van der Waals surface area contributed by atoms with Gasteiger partial charge in [-0.2, -0.15) is 5.01 Å². The number of hydrogen-bond acceptors (Lipinski definition) is 4. The van der Waals surface area contributed by atoms with Crippen molar-refractivity contribution in [2.24, 2.45) is 0 Å². The van der Waals surface area contributed by atoms with E-state index in [9.17, 15) is 9.59 Å². The summed E-state index contributed by atoms with van der Waals surface area (Å²) in [6, 6.07) is 6.71. The van der Waals surface area contributed by atoms with Gasteiger partial charge in [-0.25, -0.2) is 0 Å². The van der Waals surface area contributed by atoms with Gasteiger partial charge in [0.05, 0.1) is 11.1 Å². The van der Waals surface area contributed by atoms with Gasteiger partial charge in [-0.3, -0.25) is 15.0 Å².